The number of amides is 1. The van der Waals surface area contributed by atoms with Gasteiger partial charge in [0.1, 0.15) is 5.82 Å². The van der Waals surface area contributed by atoms with Crippen LogP contribution >= 0.6 is 0 Å². The maximum atomic E-state index is 12.8. The number of carbonyl (C=O) groups excluding carboxylic acids is 1. The van der Waals surface area contributed by atoms with Crippen molar-refractivity contribution in [3.8, 4) is 0 Å². The van der Waals surface area contributed by atoms with Gasteiger partial charge < -0.3 is 19.9 Å². The van der Waals surface area contributed by atoms with Gasteiger partial charge in [0.15, 0.2) is 0 Å². The van der Waals surface area contributed by atoms with Crippen LogP contribution in [-0.4, -0.2) is 59.8 Å². The standard InChI is InChI=1S/C22H27N5O2/c1-16-4-3-5-18-19(15-26(2)21(16)18)22(28)25-17-6-7-20(24-14-17)23-8-9-27-10-12-29-13-11-27/h3-7,14-15H,8-13H2,1-2H3,(H,23,24)(H,25,28). The molecule has 1 aromatic carbocycles. The Labute approximate surface area is 170 Å². The molecule has 1 aliphatic heterocycles. The molecule has 0 unspecified atom stereocenters. The summed E-state index contributed by atoms with van der Waals surface area (Å²) in [6, 6.07) is 9.78. The Bertz CT molecular complexity index is 990. The molecular weight excluding hydrogens is 366 g/mol. The van der Waals surface area contributed by atoms with Crippen molar-refractivity contribution in [3.63, 3.8) is 0 Å². The van der Waals surface area contributed by atoms with Gasteiger partial charge in [0.2, 0.25) is 0 Å². The van der Waals surface area contributed by atoms with Crippen LogP contribution in [0.5, 0.6) is 0 Å². The molecule has 29 heavy (non-hydrogen) atoms. The van der Waals surface area contributed by atoms with E-state index in [4.69, 9.17) is 4.74 Å². The fourth-order valence-corrected chi connectivity index (χ4v) is 3.79. The lowest BCUT2D eigenvalue weighted by Crippen LogP contribution is -2.39. The van der Waals surface area contributed by atoms with Gasteiger partial charge in [-0.1, -0.05) is 18.2 Å². The second kappa shape index (κ2) is 8.63. The number of para-hydroxylation sites is 1. The number of hydrogen-bond acceptors (Lipinski definition) is 5. The molecule has 3 aromatic rings. The van der Waals surface area contributed by atoms with E-state index < -0.39 is 0 Å². The zero-order valence-corrected chi connectivity index (χ0v) is 16.9. The highest BCUT2D eigenvalue weighted by molar-refractivity contribution is 6.13. The van der Waals surface area contributed by atoms with E-state index in [0.717, 1.165) is 61.7 Å². The highest BCUT2D eigenvalue weighted by Gasteiger charge is 2.15. The number of aromatic nitrogens is 2. The van der Waals surface area contributed by atoms with Crippen molar-refractivity contribution < 1.29 is 9.53 Å². The second-order valence-corrected chi connectivity index (χ2v) is 7.39. The van der Waals surface area contributed by atoms with Crippen LogP contribution in [0.1, 0.15) is 15.9 Å². The highest BCUT2D eigenvalue weighted by atomic mass is 16.5. The number of hydrogen-bond donors (Lipinski definition) is 2. The fourth-order valence-electron chi connectivity index (χ4n) is 3.79. The molecule has 1 aliphatic rings. The molecule has 4 rings (SSSR count). The molecule has 7 heteroatoms. The molecule has 0 radical (unpaired) electrons. The number of anilines is 2. The van der Waals surface area contributed by atoms with Gasteiger partial charge in [0.25, 0.3) is 5.91 Å². The van der Waals surface area contributed by atoms with E-state index in [1.807, 2.05) is 42.1 Å². The maximum Gasteiger partial charge on any atom is 0.257 e. The van der Waals surface area contributed by atoms with Crippen LogP contribution in [0, 0.1) is 6.92 Å². The summed E-state index contributed by atoms with van der Waals surface area (Å²) >= 11 is 0. The first kappa shape index (κ1) is 19.4. The lowest BCUT2D eigenvalue weighted by molar-refractivity contribution is 0.0398. The van der Waals surface area contributed by atoms with Crippen molar-refractivity contribution in [2.24, 2.45) is 7.05 Å². The highest BCUT2D eigenvalue weighted by Crippen LogP contribution is 2.24. The van der Waals surface area contributed by atoms with Crippen molar-refractivity contribution in [2.45, 2.75) is 6.92 Å². The predicted molar refractivity (Wildman–Crippen MR) is 116 cm³/mol. The van der Waals surface area contributed by atoms with Crippen molar-refractivity contribution in [2.75, 3.05) is 50.0 Å². The molecule has 0 spiro atoms. The lowest BCUT2D eigenvalue weighted by atomic mass is 10.1. The van der Waals surface area contributed by atoms with Crippen LogP contribution in [0.3, 0.4) is 0 Å². The van der Waals surface area contributed by atoms with E-state index >= 15 is 0 Å². The smallest absolute Gasteiger partial charge is 0.257 e. The summed E-state index contributed by atoms with van der Waals surface area (Å²) in [6.45, 7) is 7.42. The Morgan fingerprint density at radius 1 is 1.21 bits per heavy atom. The number of pyridine rings is 1. The summed E-state index contributed by atoms with van der Waals surface area (Å²) in [5, 5.41) is 7.24. The van der Waals surface area contributed by atoms with E-state index in [1.54, 1.807) is 6.20 Å². The van der Waals surface area contributed by atoms with Crippen LogP contribution < -0.4 is 10.6 Å². The van der Waals surface area contributed by atoms with E-state index in [-0.39, 0.29) is 5.91 Å². The number of aryl methyl sites for hydroxylation is 2. The van der Waals surface area contributed by atoms with E-state index in [9.17, 15) is 4.79 Å². The van der Waals surface area contributed by atoms with Gasteiger partial charge in [0.05, 0.1) is 36.2 Å². The zero-order chi connectivity index (χ0) is 20.2. The summed E-state index contributed by atoms with van der Waals surface area (Å²) in [7, 11) is 1.96. The summed E-state index contributed by atoms with van der Waals surface area (Å²) in [6.07, 6.45) is 3.56. The van der Waals surface area contributed by atoms with Crippen LogP contribution in [0.25, 0.3) is 10.9 Å². The molecule has 7 nitrogen and oxygen atoms in total. The van der Waals surface area contributed by atoms with E-state index in [1.165, 1.54) is 0 Å². The third-order valence-electron chi connectivity index (χ3n) is 5.31. The molecular formula is C22H27N5O2. The molecule has 1 amide bonds. The number of nitrogens with one attached hydrogen (secondary N) is 2. The quantitative estimate of drug-likeness (QED) is 0.674. The zero-order valence-electron chi connectivity index (χ0n) is 16.9. The van der Waals surface area contributed by atoms with E-state index in [2.05, 4.69) is 33.5 Å². The molecule has 3 heterocycles. The molecule has 2 aromatic heterocycles. The first-order valence-electron chi connectivity index (χ1n) is 9.98. The van der Waals surface area contributed by atoms with Gasteiger partial charge in [-0.05, 0) is 24.6 Å². The minimum absolute atomic E-state index is 0.129. The van der Waals surface area contributed by atoms with Gasteiger partial charge >= 0.3 is 0 Å². The van der Waals surface area contributed by atoms with Crippen molar-refractivity contribution in [3.05, 3.63) is 53.9 Å². The molecule has 0 saturated carbocycles. The van der Waals surface area contributed by atoms with Crippen molar-refractivity contribution in [1.29, 1.82) is 0 Å². The topological polar surface area (TPSA) is 71.4 Å². The van der Waals surface area contributed by atoms with Gasteiger partial charge in [0, 0.05) is 44.8 Å². The van der Waals surface area contributed by atoms with Crippen LogP contribution in [0.2, 0.25) is 0 Å². The Hall–Kier alpha value is -2.90. The maximum absolute atomic E-state index is 12.8. The lowest BCUT2D eigenvalue weighted by Gasteiger charge is -2.26. The van der Waals surface area contributed by atoms with Crippen molar-refractivity contribution >= 4 is 28.3 Å². The molecule has 0 bridgehead atoms. The fraction of sp³-hybridized carbons (Fsp3) is 0.364. The van der Waals surface area contributed by atoms with Gasteiger partial charge in [-0.15, -0.1) is 0 Å². The normalized spacial score (nSPS) is 14.8. The average molecular weight is 393 g/mol. The first-order chi connectivity index (χ1) is 14.1. The monoisotopic (exact) mass is 393 g/mol. The summed E-state index contributed by atoms with van der Waals surface area (Å²) in [5.74, 6) is 0.674. The summed E-state index contributed by atoms with van der Waals surface area (Å²) in [4.78, 5) is 19.6. The molecule has 0 aliphatic carbocycles. The van der Waals surface area contributed by atoms with Crippen LogP contribution in [0.4, 0.5) is 11.5 Å². The number of ether oxygens (including phenoxy) is 1. The molecule has 0 atom stereocenters. The Morgan fingerprint density at radius 3 is 2.79 bits per heavy atom. The minimum Gasteiger partial charge on any atom is -0.379 e. The average Bonchev–Trinajstić information content (AvgIpc) is 3.08. The Kier molecular flexibility index (Phi) is 5.78. The summed E-state index contributed by atoms with van der Waals surface area (Å²) < 4.78 is 7.36. The number of carbonyl (C=O) groups is 1. The Balaban J connectivity index is 1.36. The number of nitrogens with zero attached hydrogens (tertiary/aromatic N) is 3. The Morgan fingerprint density at radius 2 is 2.03 bits per heavy atom. The van der Waals surface area contributed by atoms with Crippen LogP contribution in [0.15, 0.2) is 42.7 Å². The van der Waals surface area contributed by atoms with E-state index in [0.29, 0.717) is 11.3 Å². The number of rotatable bonds is 6. The van der Waals surface area contributed by atoms with Gasteiger partial charge in [-0.3, -0.25) is 9.69 Å². The van der Waals surface area contributed by atoms with Gasteiger partial charge in [-0.2, -0.15) is 0 Å². The van der Waals surface area contributed by atoms with Gasteiger partial charge in [-0.25, -0.2) is 4.98 Å². The number of morpholine rings is 1. The third kappa shape index (κ3) is 4.41. The summed E-state index contributed by atoms with van der Waals surface area (Å²) in [5.41, 5.74) is 3.58. The van der Waals surface area contributed by atoms with Crippen molar-refractivity contribution in [1.82, 2.24) is 14.5 Å². The molecule has 152 valence electrons. The molecule has 1 saturated heterocycles. The number of benzene rings is 1. The number of fused-ring (bicyclic) bond motifs is 1. The van der Waals surface area contributed by atoms with Crippen LogP contribution in [-0.2, 0) is 11.8 Å². The minimum atomic E-state index is -0.129. The predicted octanol–water partition coefficient (Wildman–Crippen LogP) is 2.88. The molecule has 1 fully saturated rings. The SMILES string of the molecule is Cc1cccc2c(C(=O)Nc3ccc(NCCN4CCOCC4)nc3)cn(C)c12. The largest absolute Gasteiger partial charge is 0.379 e. The second-order valence-electron chi connectivity index (χ2n) is 7.39. The third-order valence-corrected chi connectivity index (χ3v) is 5.31. The first-order valence-corrected chi connectivity index (χ1v) is 9.98. The molecule has 2 N–H and O–H groups in total.